The van der Waals surface area contributed by atoms with Crippen LogP contribution < -0.4 is 19.5 Å². The number of furan rings is 1. The van der Waals surface area contributed by atoms with Crippen LogP contribution in [0.4, 0.5) is 10.5 Å². The molecular formula is C29H37N3O6. The fourth-order valence-corrected chi connectivity index (χ4v) is 4.01. The zero-order valence-electron chi connectivity index (χ0n) is 22.8. The Morgan fingerprint density at radius 1 is 0.868 bits per heavy atom. The number of urea groups is 1. The Bertz CT molecular complexity index is 1190. The second-order valence-corrected chi connectivity index (χ2v) is 8.85. The molecule has 0 saturated carbocycles. The number of aryl methyl sites for hydroxylation is 1. The van der Waals surface area contributed by atoms with Crippen molar-refractivity contribution in [1.82, 2.24) is 9.80 Å². The fraction of sp³-hybridized carbons (Fsp3) is 0.379. The van der Waals surface area contributed by atoms with Crippen molar-refractivity contribution in [2.24, 2.45) is 0 Å². The number of methoxy groups -OCH3 is 3. The normalized spacial score (nSPS) is 10.6. The van der Waals surface area contributed by atoms with Crippen LogP contribution in [0.15, 0.2) is 59.0 Å². The third-order valence-electron chi connectivity index (χ3n) is 6.06. The Hall–Kier alpha value is -4.14. The van der Waals surface area contributed by atoms with Gasteiger partial charge < -0.3 is 33.7 Å². The van der Waals surface area contributed by atoms with Crippen molar-refractivity contribution in [3.63, 3.8) is 0 Å². The highest BCUT2D eigenvalue weighted by Crippen LogP contribution is 2.28. The molecule has 0 aliphatic carbocycles. The second kappa shape index (κ2) is 14.0. The van der Waals surface area contributed by atoms with Gasteiger partial charge in [0.25, 0.3) is 0 Å². The summed E-state index contributed by atoms with van der Waals surface area (Å²) in [7, 11) is 4.77. The molecule has 0 aliphatic rings. The standard InChI is InChI=1S/C29H37N3O6/c1-6-16-32(29(34)30-23-9-12-24(35-3)13-10-23)20-28(33)31(19-25-11-7-21(2)38-25)17-15-22-8-14-26(36-4)27(18-22)37-5/h7-14,18H,6,15-17,19-20H2,1-5H3,(H,30,34). The summed E-state index contributed by atoms with van der Waals surface area (Å²) in [6.07, 6.45) is 1.31. The molecule has 0 atom stereocenters. The highest BCUT2D eigenvalue weighted by molar-refractivity contribution is 5.92. The van der Waals surface area contributed by atoms with E-state index in [1.54, 1.807) is 50.5 Å². The number of nitrogens with zero attached hydrogens (tertiary/aromatic N) is 2. The molecule has 204 valence electrons. The number of benzene rings is 2. The van der Waals surface area contributed by atoms with Gasteiger partial charge in [0.05, 0.1) is 27.9 Å². The minimum atomic E-state index is -0.334. The summed E-state index contributed by atoms with van der Waals surface area (Å²) in [5.41, 5.74) is 1.62. The van der Waals surface area contributed by atoms with E-state index in [0.717, 1.165) is 11.3 Å². The second-order valence-electron chi connectivity index (χ2n) is 8.85. The molecule has 9 heteroatoms. The van der Waals surface area contributed by atoms with Gasteiger partial charge in [-0.25, -0.2) is 4.79 Å². The van der Waals surface area contributed by atoms with E-state index in [1.165, 1.54) is 4.90 Å². The lowest BCUT2D eigenvalue weighted by Gasteiger charge is -2.27. The van der Waals surface area contributed by atoms with E-state index in [1.807, 2.05) is 44.2 Å². The lowest BCUT2D eigenvalue weighted by atomic mass is 10.1. The number of carbonyl (C=O) groups is 2. The van der Waals surface area contributed by atoms with Crippen LogP contribution in [0, 0.1) is 6.92 Å². The van der Waals surface area contributed by atoms with Crippen LogP contribution in [0.2, 0.25) is 0 Å². The molecule has 3 rings (SSSR count). The first kappa shape index (κ1) is 28.4. The van der Waals surface area contributed by atoms with Gasteiger partial charge in [-0.3, -0.25) is 4.79 Å². The van der Waals surface area contributed by atoms with Crippen molar-refractivity contribution >= 4 is 17.6 Å². The van der Waals surface area contributed by atoms with Gasteiger partial charge in [-0.2, -0.15) is 0 Å². The van der Waals surface area contributed by atoms with Crippen LogP contribution >= 0.6 is 0 Å². The van der Waals surface area contributed by atoms with Gasteiger partial charge >= 0.3 is 6.03 Å². The van der Waals surface area contributed by atoms with Crippen molar-refractivity contribution in [2.75, 3.05) is 46.3 Å². The summed E-state index contributed by atoms with van der Waals surface area (Å²) in [6, 6.07) is 16.2. The number of nitrogens with one attached hydrogen (secondary N) is 1. The molecule has 3 aromatic rings. The number of rotatable bonds is 13. The lowest BCUT2D eigenvalue weighted by Crippen LogP contribution is -2.45. The summed E-state index contributed by atoms with van der Waals surface area (Å²) in [5, 5.41) is 2.87. The molecule has 1 aromatic heterocycles. The Balaban J connectivity index is 1.73. The first-order chi connectivity index (χ1) is 18.4. The summed E-state index contributed by atoms with van der Waals surface area (Å²) in [4.78, 5) is 29.8. The molecule has 2 aromatic carbocycles. The molecule has 0 saturated heterocycles. The fourth-order valence-electron chi connectivity index (χ4n) is 4.01. The first-order valence-electron chi connectivity index (χ1n) is 12.6. The predicted octanol–water partition coefficient (Wildman–Crippen LogP) is 5.13. The van der Waals surface area contributed by atoms with Crippen LogP contribution in [0.5, 0.6) is 17.2 Å². The molecule has 0 radical (unpaired) electrons. The minimum Gasteiger partial charge on any atom is -0.497 e. The van der Waals surface area contributed by atoms with Crippen LogP contribution in [-0.4, -0.2) is 62.7 Å². The molecule has 38 heavy (non-hydrogen) atoms. The Kier molecular flexibility index (Phi) is 10.5. The molecule has 3 amide bonds. The number of amides is 3. The lowest BCUT2D eigenvalue weighted by molar-refractivity contribution is -0.132. The minimum absolute atomic E-state index is 0.0541. The molecule has 9 nitrogen and oxygen atoms in total. The van der Waals surface area contributed by atoms with E-state index >= 15 is 0 Å². The van der Waals surface area contributed by atoms with E-state index in [4.69, 9.17) is 18.6 Å². The maximum atomic E-state index is 13.5. The van der Waals surface area contributed by atoms with Gasteiger partial charge in [-0.05, 0) is 73.9 Å². The molecule has 0 fully saturated rings. The number of hydrogen-bond donors (Lipinski definition) is 1. The molecule has 0 spiro atoms. The molecule has 1 N–H and O–H groups in total. The molecule has 0 aliphatic heterocycles. The average Bonchev–Trinajstić information content (AvgIpc) is 3.35. The first-order valence-corrected chi connectivity index (χ1v) is 12.6. The van der Waals surface area contributed by atoms with E-state index in [2.05, 4.69) is 5.32 Å². The quantitative estimate of drug-likeness (QED) is 0.334. The van der Waals surface area contributed by atoms with Crippen LogP contribution in [0.3, 0.4) is 0 Å². The average molecular weight is 524 g/mol. The Morgan fingerprint density at radius 3 is 2.21 bits per heavy atom. The largest absolute Gasteiger partial charge is 0.497 e. The van der Waals surface area contributed by atoms with Gasteiger partial charge in [-0.1, -0.05) is 13.0 Å². The van der Waals surface area contributed by atoms with Crippen molar-refractivity contribution in [1.29, 1.82) is 0 Å². The van der Waals surface area contributed by atoms with Crippen molar-refractivity contribution in [3.8, 4) is 17.2 Å². The van der Waals surface area contributed by atoms with Crippen LogP contribution in [0.25, 0.3) is 0 Å². The molecule has 0 bridgehead atoms. The molecule has 1 heterocycles. The third kappa shape index (κ3) is 7.93. The van der Waals surface area contributed by atoms with Gasteiger partial charge in [0.15, 0.2) is 11.5 Å². The Morgan fingerprint density at radius 2 is 1.61 bits per heavy atom. The van der Waals surface area contributed by atoms with Gasteiger partial charge in [-0.15, -0.1) is 0 Å². The predicted molar refractivity (Wildman–Crippen MR) is 146 cm³/mol. The van der Waals surface area contributed by atoms with Crippen molar-refractivity contribution in [3.05, 3.63) is 71.7 Å². The van der Waals surface area contributed by atoms with Crippen molar-refractivity contribution in [2.45, 2.75) is 33.2 Å². The zero-order valence-corrected chi connectivity index (χ0v) is 22.8. The highest BCUT2D eigenvalue weighted by Gasteiger charge is 2.22. The highest BCUT2D eigenvalue weighted by atomic mass is 16.5. The smallest absolute Gasteiger partial charge is 0.322 e. The molecule has 0 unspecified atom stereocenters. The monoisotopic (exact) mass is 523 g/mol. The van der Waals surface area contributed by atoms with E-state index in [-0.39, 0.29) is 18.5 Å². The van der Waals surface area contributed by atoms with Gasteiger partial charge in [0, 0.05) is 18.8 Å². The van der Waals surface area contributed by atoms with Crippen molar-refractivity contribution < 1.29 is 28.2 Å². The summed E-state index contributed by atoms with van der Waals surface area (Å²) in [5.74, 6) is 3.27. The molecular weight excluding hydrogens is 486 g/mol. The van der Waals surface area contributed by atoms with Gasteiger partial charge in [0.1, 0.15) is 23.8 Å². The van der Waals surface area contributed by atoms with E-state index < -0.39 is 0 Å². The summed E-state index contributed by atoms with van der Waals surface area (Å²) < 4.78 is 21.7. The van der Waals surface area contributed by atoms with Crippen LogP contribution in [-0.2, 0) is 17.8 Å². The van der Waals surface area contributed by atoms with Crippen LogP contribution in [0.1, 0.15) is 30.4 Å². The third-order valence-corrected chi connectivity index (χ3v) is 6.06. The van der Waals surface area contributed by atoms with Gasteiger partial charge in [0.2, 0.25) is 5.91 Å². The summed E-state index contributed by atoms with van der Waals surface area (Å²) >= 11 is 0. The number of ether oxygens (including phenoxy) is 3. The topological polar surface area (TPSA) is 93.5 Å². The van der Waals surface area contributed by atoms with E-state index in [0.29, 0.717) is 61.2 Å². The summed E-state index contributed by atoms with van der Waals surface area (Å²) in [6.45, 7) is 4.97. The zero-order chi connectivity index (χ0) is 27.5. The maximum Gasteiger partial charge on any atom is 0.322 e. The van der Waals surface area contributed by atoms with E-state index in [9.17, 15) is 9.59 Å². The Labute approximate surface area is 224 Å². The number of carbonyl (C=O) groups excluding carboxylic acids is 2. The maximum absolute atomic E-state index is 13.5. The number of hydrogen-bond acceptors (Lipinski definition) is 6. The SMILES string of the molecule is CCCN(CC(=O)N(CCc1ccc(OC)c(OC)c1)Cc1ccc(C)o1)C(=O)Nc1ccc(OC)cc1. The number of anilines is 1.